The van der Waals surface area contributed by atoms with E-state index in [4.69, 9.17) is 11.6 Å². The van der Waals surface area contributed by atoms with Crippen molar-refractivity contribution in [3.63, 3.8) is 0 Å². The molecule has 0 nitrogen and oxygen atoms in total. The van der Waals surface area contributed by atoms with Crippen molar-refractivity contribution in [3.05, 3.63) is 20.8 Å². The van der Waals surface area contributed by atoms with Crippen molar-refractivity contribution in [2.24, 2.45) is 0 Å². The zero-order valence-electron chi connectivity index (χ0n) is 8.00. The van der Waals surface area contributed by atoms with Crippen LogP contribution in [0.1, 0.15) is 30.5 Å². The van der Waals surface area contributed by atoms with E-state index in [2.05, 4.69) is 0 Å². The van der Waals surface area contributed by atoms with Crippen LogP contribution in [0.15, 0.2) is 6.07 Å². The lowest BCUT2D eigenvalue weighted by Gasteiger charge is -2.16. The number of halogens is 4. The fourth-order valence-electron chi connectivity index (χ4n) is 1.02. The molecule has 80 valence electrons. The van der Waals surface area contributed by atoms with E-state index in [1.54, 1.807) is 0 Å². The maximum absolute atomic E-state index is 12.3. The van der Waals surface area contributed by atoms with Crippen molar-refractivity contribution >= 4 is 22.9 Å². The molecule has 0 saturated carbocycles. The van der Waals surface area contributed by atoms with E-state index in [0.717, 1.165) is 6.07 Å². The maximum Gasteiger partial charge on any atom is 0.425 e. The lowest BCUT2D eigenvalue weighted by molar-refractivity contribution is -0.134. The van der Waals surface area contributed by atoms with Crippen LogP contribution in [0, 0.1) is 0 Å². The largest absolute Gasteiger partial charge is 0.425 e. The van der Waals surface area contributed by atoms with Crippen LogP contribution >= 0.6 is 22.9 Å². The minimum absolute atomic E-state index is 0.204. The fraction of sp³-hybridized carbons (Fsp3) is 0.556. The molecular weight excluding hydrogens is 233 g/mol. The maximum atomic E-state index is 12.3. The van der Waals surface area contributed by atoms with Gasteiger partial charge in [-0.3, -0.25) is 0 Å². The average Bonchev–Trinajstić information content (AvgIpc) is 2.27. The van der Waals surface area contributed by atoms with Gasteiger partial charge in [-0.2, -0.15) is 13.2 Å². The number of rotatable bonds is 0. The Morgan fingerprint density at radius 3 is 1.93 bits per heavy atom. The van der Waals surface area contributed by atoms with Gasteiger partial charge in [-0.25, -0.2) is 0 Å². The molecule has 0 atom stereocenters. The first-order chi connectivity index (χ1) is 6.12. The average molecular weight is 243 g/mol. The van der Waals surface area contributed by atoms with E-state index in [1.165, 1.54) is 0 Å². The zero-order chi connectivity index (χ0) is 11.1. The second-order valence-electron chi connectivity index (χ2n) is 4.04. The molecule has 14 heavy (non-hydrogen) atoms. The molecule has 0 aliphatic carbocycles. The Morgan fingerprint density at radius 1 is 1.21 bits per heavy atom. The van der Waals surface area contributed by atoms with Gasteiger partial charge in [0.15, 0.2) is 0 Å². The van der Waals surface area contributed by atoms with Crippen LogP contribution < -0.4 is 0 Å². The van der Waals surface area contributed by atoms with Crippen LogP contribution in [0.25, 0.3) is 0 Å². The molecule has 0 aliphatic heterocycles. The van der Waals surface area contributed by atoms with Crippen LogP contribution in [-0.4, -0.2) is 0 Å². The van der Waals surface area contributed by atoms with Crippen molar-refractivity contribution in [1.82, 2.24) is 0 Å². The van der Waals surface area contributed by atoms with Crippen LogP contribution in [0.2, 0.25) is 5.02 Å². The van der Waals surface area contributed by atoms with Crippen molar-refractivity contribution < 1.29 is 13.2 Å². The normalized spacial score (nSPS) is 13.4. The van der Waals surface area contributed by atoms with Gasteiger partial charge >= 0.3 is 6.18 Å². The molecule has 0 aliphatic rings. The molecule has 0 radical (unpaired) electrons. The highest BCUT2D eigenvalue weighted by Gasteiger charge is 2.35. The van der Waals surface area contributed by atoms with Crippen LogP contribution in [0.4, 0.5) is 13.2 Å². The van der Waals surface area contributed by atoms with Crippen LogP contribution in [-0.2, 0) is 11.6 Å². The van der Waals surface area contributed by atoms with E-state index < -0.39 is 11.1 Å². The number of hydrogen-bond donors (Lipinski definition) is 0. The molecule has 5 heteroatoms. The molecule has 0 aromatic carbocycles. The molecule has 0 amide bonds. The predicted octanol–water partition coefficient (Wildman–Crippen LogP) is 4.72. The molecule has 0 saturated heterocycles. The SMILES string of the molecule is CC(C)(C)c1sc(C(F)(F)F)cc1Cl. The minimum Gasteiger partial charge on any atom is -0.165 e. The van der Waals surface area contributed by atoms with Gasteiger partial charge in [0.1, 0.15) is 4.88 Å². The lowest BCUT2D eigenvalue weighted by atomic mass is 9.95. The summed E-state index contributed by atoms with van der Waals surface area (Å²) in [5, 5.41) is 0.204. The highest BCUT2D eigenvalue weighted by Crippen LogP contribution is 2.43. The highest BCUT2D eigenvalue weighted by atomic mass is 35.5. The van der Waals surface area contributed by atoms with Gasteiger partial charge in [0.2, 0.25) is 0 Å². The molecule has 0 fully saturated rings. The van der Waals surface area contributed by atoms with Gasteiger partial charge in [-0.1, -0.05) is 32.4 Å². The second-order valence-corrected chi connectivity index (χ2v) is 5.49. The first kappa shape index (κ1) is 11.9. The van der Waals surface area contributed by atoms with E-state index in [1.807, 2.05) is 20.8 Å². The summed E-state index contributed by atoms with van der Waals surface area (Å²) in [5.74, 6) is 0. The second kappa shape index (κ2) is 3.42. The molecule has 1 rings (SSSR count). The Labute approximate surface area is 89.7 Å². The first-order valence-corrected chi connectivity index (χ1v) is 5.19. The molecule has 0 bridgehead atoms. The Balaban J connectivity index is 3.19. The van der Waals surface area contributed by atoms with Gasteiger partial charge in [-0.05, 0) is 11.5 Å². The van der Waals surface area contributed by atoms with Gasteiger partial charge in [0, 0.05) is 4.88 Å². The summed E-state index contributed by atoms with van der Waals surface area (Å²) in [4.78, 5) is -0.0566. The van der Waals surface area contributed by atoms with E-state index in [9.17, 15) is 13.2 Å². The molecule has 1 aromatic heterocycles. The third kappa shape index (κ3) is 2.42. The van der Waals surface area contributed by atoms with Gasteiger partial charge in [-0.15, -0.1) is 11.3 Å². The molecule has 0 N–H and O–H groups in total. The molecule has 0 spiro atoms. The highest BCUT2D eigenvalue weighted by molar-refractivity contribution is 7.12. The van der Waals surface area contributed by atoms with E-state index in [0.29, 0.717) is 16.2 Å². The third-order valence-corrected chi connectivity index (χ3v) is 3.66. The fourth-order valence-corrected chi connectivity index (χ4v) is 2.57. The summed E-state index contributed by atoms with van der Waals surface area (Å²) in [6, 6.07) is 0.993. The third-order valence-electron chi connectivity index (χ3n) is 1.65. The summed E-state index contributed by atoms with van der Waals surface area (Å²) in [5.41, 5.74) is -0.342. The topological polar surface area (TPSA) is 0 Å². The first-order valence-electron chi connectivity index (χ1n) is 3.99. The van der Waals surface area contributed by atoms with Crippen molar-refractivity contribution in [1.29, 1.82) is 0 Å². The van der Waals surface area contributed by atoms with E-state index in [-0.39, 0.29) is 10.4 Å². The van der Waals surface area contributed by atoms with E-state index >= 15 is 0 Å². The van der Waals surface area contributed by atoms with Gasteiger partial charge in [0.05, 0.1) is 5.02 Å². The number of alkyl halides is 3. The zero-order valence-corrected chi connectivity index (χ0v) is 9.57. The van der Waals surface area contributed by atoms with Crippen molar-refractivity contribution in [2.45, 2.75) is 32.4 Å². The summed E-state index contributed by atoms with van der Waals surface area (Å²) in [6.07, 6.45) is -4.29. The van der Waals surface area contributed by atoms with Crippen molar-refractivity contribution in [2.75, 3.05) is 0 Å². The standard InChI is InChI=1S/C9H10ClF3S/c1-8(2,3)7-5(10)4-6(14-7)9(11,12)13/h4H,1-3H3. The number of hydrogen-bond acceptors (Lipinski definition) is 1. The molecular formula is C9H10ClF3S. The van der Waals surface area contributed by atoms with Gasteiger partial charge < -0.3 is 0 Å². The quantitative estimate of drug-likeness (QED) is 0.618. The Morgan fingerprint density at radius 2 is 1.71 bits per heavy atom. The van der Waals surface area contributed by atoms with Crippen LogP contribution in [0.3, 0.4) is 0 Å². The summed E-state index contributed by atoms with van der Waals surface area (Å²) in [6.45, 7) is 5.51. The molecule has 0 unspecified atom stereocenters. The minimum atomic E-state index is -4.29. The Hall–Kier alpha value is -0.220. The van der Waals surface area contributed by atoms with Crippen molar-refractivity contribution in [3.8, 4) is 0 Å². The summed E-state index contributed by atoms with van der Waals surface area (Å²) < 4.78 is 37.0. The predicted molar refractivity (Wildman–Crippen MR) is 53.0 cm³/mol. The number of thiophene rings is 1. The molecule has 1 heterocycles. The summed E-state index contributed by atoms with van der Waals surface area (Å²) >= 11 is 6.46. The Bertz CT molecular complexity index is 333. The lowest BCUT2D eigenvalue weighted by Crippen LogP contribution is -2.09. The summed E-state index contributed by atoms with van der Waals surface area (Å²) in [7, 11) is 0. The smallest absolute Gasteiger partial charge is 0.165 e. The van der Waals surface area contributed by atoms with Gasteiger partial charge in [0.25, 0.3) is 0 Å². The Kier molecular flexibility index (Phi) is 2.89. The molecule has 1 aromatic rings. The monoisotopic (exact) mass is 242 g/mol. The van der Waals surface area contributed by atoms with Crippen LogP contribution in [0.5, 0.6) is 0 Å².